The summed E-state index contributed by atoms with van der Waals surface area (Å²) in [5.41, 5.74) is 2.79. The maximum Gasteiger partial charge on any atom is 0.224 e. The molecule has 0 spiro atoms. The molecule has 212 valence electrons. The van der Waals surface area contributed by atoms with Gasteiger partial charge in [-0.1, -0.05) is 46.2 Å². The summed E-state index contributed by atoms with van der Waals surface area (Å²) in [7, 11) is 0. The van der Waals surface area contributed by atoms with E-state index in [4.69, 9.17) is 0 Å². The molecule has 0 aromatic heterocycles. The van der Waals surface area contributed by atoms with Crippen LogP contribution in [0.15, 0.2) is 24.3 Å². The molecule has 4 aliphatic rings. The van der Waals surface area contributed by atoms with E-state index in [-0.39, 0.29) is 28.9 Å². The molecule has 0 heterocycles. The van der Waals surface area contributed by atoms with E-state index < -0.39 is 0 Å². The van der Waals surface area contributed by atoms with Crippen LogP contribution in [0.1, 0.15) is 110 Å². The van der Waals surface area contributed by atoms with Gasteiger partial charge in [-0.15, -0.1) is 0 Å². The fraction of sp³-hybridized carbons (Fsp3) is 0.794. The maximum atomic E-state index is 12.8. The second-order valence-corrected chi connectivity index (χ2v) is 14.3. The molecule has 1 amide bonds. The number of anilines is 1. The van der Waals surface area contributed by atoms with Gasteiger partial charge in [-0.3, -0.25) is 4.79 Å². The van der Waals surface area contributed by atoms with Gasteiger partial charge in [0, 0.05) is 12.1 Å². The lowest BCUT2D eigenvalue weighted by Gasteiger charge is -2.62. The highest BCUT2D eigenvalue weighted by molar-refractivity contribution is 5.90. The molecule has 4 heteroatoms. The number of aliphatic hydroxyl groups is 2. The Morgan fingerprint density at radius 2 is 1.71 bits per heavy atom. The molecule has 0 bridgehead atoms. The zero-order chi connectivity index (χ0) is 27.1. The molecule has 1 aromatic carbocycles. The number of fused-ring (bicyclic) bond motifs is 5. The number of hydrogen-bond donors (Lipinski definition) is 3. The number of carbonyl (C=O) groups excluding carboxylic acids is 1. The van der Waals surface area contributed by atoms with Gasteiger partial charge in [0.05, 0.1) is 12.2 Å². The maximum absolute atomic E-state index is 12.8. The molecular weight excluding hydrogens is 470 g/mol. The Kier molecular flexibility index (Phi) is 8.32. The molecule has 4 nitrogen and oxygen atoms in total. The smallest absolute Gasteiger partial charge is 0.224 e. The van der Waals surface area contributed by atoms with Gasteiger partial charge in [0.2, 0.25) is 5.91 Å². The number of nitrogens with one attached hydrogen (secondary N) is 1. The first-order valence-corrected chi connectivity index (χ1v) is 15.9. The number of benzene rings is 1. The fourth-order valence-corrected chi connectivity index (χ4v) is 10.1. The van der Waals surface area contributed by atoms with Crippen molar-refractivity contribution in [3.8, 4) is 0 Å². The molecule has 0 saturated heterocycles. The molecule has 4 saturated carbocycles. The Hall–Kier alpha value is -1.39. The van der Waals surface area contributed by atoms with Crippen molar-refractivity contribution in [2.75, 3.05) is 5.32 Å². The summed E-state index contributed by atoms with van der Waals surface area (Å²) in [6, 6.07) is 8.37. The SMILES string of the molecule is CCCCc1ccc(NC(=O)CCC(C)C2CCC3C4C(O)CC5CC(O)CCC5(C)C4CCC23C)cc1. The van der Waals surface area contributed by atoms with Crippen molar-refractivity contribution in [3.63, 3.8) is 0 Å². The number of aliphatic hydroxyl groups excluding tert-OH is 2. The average molecular weight is 524 g/mol. The second-order valence-electron chi connectivity index (χ2n) is 14.3. The first-order chi connectivity index (χ1) is 18.2. The van der Waals surface area contributed by atoms with E-state index in [1.54, 1.807) is 0 Å². The van der Waals surface area contributed by atoms with Crippen molar-refractivity contribution < 1.29 is 15.0 Å². The number of unbranched alkanes of at least 4 members (excludes halogenated alkanes) is 1. The molecule has 38 heavy (non-hydrogen) atoms. The van der Waals surface area contributed by atoms with Crippen LogP contribution in [-0.4, -0.2) is 28.3 Å². The monoisotopic (exact) mass is 523 g/mol. The number of rotatable bonds is 8. The molecule has 5 rings (SSSR count). The summed E-state index contributed by atoms with van der Waals surface area (Å²) < 4.78 is 0. The number of hydrogen-bond acceptors (Lipinski definition) is 3. The number of aryl methyl sites for hydroxylation is 1. The predicted molar refractivity (Wildman–Crippen MR) is 155 cm³/mol. The van der Waals surface area contributed by atoms with Crippen LogP contribution in [0.2, 0.25) is 0 Å². The third kappa shape index (κ3) is 5.21. The summed E-state index contributed by atoms with van der Waals surface area (Å²) in [5, 5.41) is 24.9. The van der Waals surface area contributed by atoms with Gasteiger partial charge in [-0.2, -0.15) is 0 Å². The van der Waals surface area contributed by atoms with Crippen molar-refractivity contribution in [1.29, 1.82) is 0 Å². The largest absolute Gasteiger partial charge is 0.393 e. The molecule has 4 aliphatic carbocycles. The summed E-state index contributed by atoms with van der Waals surface area (Å²) in [6.45, 7) is 9.60. The first kappa shape index (κ1) is 28.1. The van der Waals surface area contributed by atoms with Gasteiger partial charge < -0.3 is 15.5 Å². The van der Waals surface area contributed by atoms with Crippen molar-refractivity contribution >= 4 is 11.6 Å². The lowest BCUT2D eigenvalue weighted by molar-refractivity contribution is -0.174. The van der Waals surface area contributed by atoms with Crippen molar-refractivity contribution in [1.82, 2.24) is 0 Å². The lowest BCUT2D eigenvalue weighted by Crippen LogP contribution is -2.58. The van der Waals surface area contributed by atoms with E-state index in [2.05, 4.69) is 45.1 Å². The van der Waals surface area contributed by atoms with Gasteiger partial charge in [0.1, 0.15) is 0 Å². The van der Waals surface area contributed by atoms with E-state index in [1.165, 1.54) is 44.1 Å². The van der Waals surface area contributed by atoms with Crippen LogP contribution in [-0.2, 0) is 11.2 Å². The number of carbonyl (C=O) groups is 1. The highest BCUT2D eigenvalue weighted by Gasteiger charge is 2.62. The summed E-state index contributed by atoms with van der Waals surface area (Å²) in [4.78, 5) is 12.8. The summed E-state index contributed by atoms with van der Waals surface area (Å²) in [5.74, 6) is 3.33. The molecular formula is C34H53NO3. The van der Waals surface area contributed by atoms with Crippen LogP contribution in [0, 0.1) is 46.3 Å². The molecule has 3 N–H and O–H groups in total. The Morgan fingerprint density at radius 3 is 2.45 bits per heavy atom. The van der Waals surface area contributed by atoms with Crippen molar-refractivity contribution in [3.05, 3.63) is 29.8 Å². The third-order valence-electron chi connectivity index (χ3n) is 12.3. The Bertz CT molecular complexity index is 961. The van der Waals surface area contributed by atoms with E-state index in [0.717, 1.165) is 44.2 Å². The summed E-state index contributed by atoms with van der Waals surface area (Å²) in [6.07, 6.45) is 13.3. The van der Waals surface area contributed by atoms with Gasteiger partial charge in [0.25, 0.3) is 0 Å². The van der Waals surface area contributed by atoms with Crippen LogP contribution >= 0.6 is 0 Å². The van der Waals surface area contributed by atoms with Gasteiger partial charge in [-0.05, 0) is 135 Å². The Morgan fingerprint density at radius 1 is 1.00 bits per heavy atom. The highest BCUT2D eigenvalue weighted by Crippen LogP contribution is 2.68. The standard InChI is InChI=1S/C34H53NO3/c1-5-6-7-23-9-11-25(12-10-23)35-31(38)15-8-22(2)27-13-14-28-32-29(17-19-34(27,28)4)33(3)18-16-26(36)20-24(33)21-30(32)37/h9-12,22,24,26-30,32,36-37H,5-8,13-21H2,1-4H3,(H,35,38). The molecule has 4 fully saturated rings. The minimum absolute atomic E-state index is 0.128. The number of amides is 1. The minimum atomic E-state index is -0.221. The molecule has 1 aromatic rings. The highest BCUT2D eigenvalue weighted by atomic mass is 16.3. The van der Waals surface area contributed by atoms with E-state index in [9.17, 15) is 15.0 Å². The Labute approximate surface area is 231 Å². The fourth-order valence-electron chi connectivity index (χ4n) is 10.1. The Balaban J connectivity index is 1.18. The van der Waals surface area contributed by atoms with Gasteiger partial charge >= 0.3 is 0 Å². The van der Waals surface area contributed by atoms with Crippen molar-refractivity contribution in [2.24, 2.45) is 46.3 Å². The minimum Gasteiger partial charge on any atom is -0.393 e. The second kappa shape index (κ2) is 11.2. The normalized spacial score (nSPS) is 41.1. The van der Waals surface area contributed by atoms with E-state index >= 15 is 0 Å². The predicted octanol–water partition coefficient (Wildman–Crippen LogP) is 7.37. The average Bonchev–Trinajstić information content (AvgIpc) is 3.25. The third-order valence-corrected chi connectivity index (χ3v) is 12.3. The molecule has 0 radical (unpaired) electrons. The van der Waals surface area contributed by atoms with Crippen LogP contribution in [0.3, 0.4) is 0 Å². The van der Waals surface area contributed by atoms with Crippen LogP contribution in [0.5, 0.6) is 0 Å². The van der Waals surface area contributed by atoms with Gasteiger partial charge in [0.15, 0.2) is 0 Å². The summed E-state index contributed by atoms with van der Waals surface area (Å²) >= 11 is 0. The first-order valence-electron chi connectivity index (χ1n) is 15.9. The molecule has 10 unspecified atom stereocenters. The topological polar surface area (TPSA) is 69.6 Å². The quantitative estimate of drug-likeness (QED) is 0.333. The zero-order valence-corrected chi connectivity index (χ0v) is 24.4. The lowest BCUT2D eigenvalue weighted by atomic mass is 9.43. The van der Waals surface area contributed by atoms with Crippen LogP contribution in [0.4, 0.5) is 5.69 Å². The van der Waals surface area contributed by atoms with E-state index in [0.29, 0.717) is 41.9 Å². The van der Waals surface area contributed by atoms with Crippen LogP contribution < -0.4 is 5.32 Å². The molecule has 0 aliphatic heterocycles. The van der Waals surface area contributed by atoms with E-state index in [1.807, 2.05) is 12.1 Å². The molecule has 10 atom stereocenters. The zero-order valence-electron chi connectivity index (χ0n) is 24.4. The van der Waals surface area contributed by atoms with Gasteiger partial charge in [-0.25, -0.2) is 0 Å². The van der Waals surface area contributed by atoms with Crippen molar-refractivity contribution in [2.45, 2.75) is 123 Å². The van der Waals surface area contributed by atoms with Crippen LogP contribution in [0.25, 0.3) is 0 Å².